The van der Waals surface area contributed by atoms with Crippen LogP contribution in [-0.4, -0.2) is 71.8 Å². The Morgan fingerprint density at radius 3 is 2.23 bits per heavy atom. The maximum atomic E-state index is 13.3. The van der Waals surface area contributed by atoms with Crippen molar-refractivity contribution in [3.05, 3.63) is 35.4 Å². The number of aliphatic hydroxyl groups excluding tert-OH is 1. The van der Waals surface area contributed by atoms with Gasteiger partial charge in [-0.15, -0.1) is 0 Å². The predicted octanol–water partition coefficient (Wildman–Crippen LogP) is 2.09. The molecule has 0 saturated heterocycles. The third-order valence-electron chi connectivity index (χ3n) is 4.93. The fraction of sp³-hybridized carbons (Fsp3) is 0.600. The van der Waals surface area contributed by atoms with Gasteiger partial charge in [0.25, 0.3) is 0 Å². The number of aliphatic hydroxyl groups is 1. The molecule has 10 heteroatoms. The van der Waals surface area contributed by atoms with Crippen LogP contribution in [0, 0.1) is 0 Å². The van der Waals surface area contributed by atoms with E-state index in [-0.39, 0.29) is 26.1 Å². The van der Waals surface area contributed by atoms with Crippen molar-refractivity contribution in [3.63, 3.8) is 0 Å². The van der Waals surface area contributed by atoms with Gasteiger partial charge >= 0.3 is 12.1 Å². The van der Waals surface area contributed by atoms with Crippen LogP contribution in [0.25, 0.3) is 0 Å². The molecule has 10 nitrogen and oxygen atoms in total. The van der Waals surface area contributed by atoms with E-state index in [2.05, 4.69) is 10.6 Å². The molecular weight excluding hydrogens is 454 g/mol. The van der Waals surface area contributed by atoms with Crippen LogP contribution in [0.15, 0.2) is 24.3 Å². The van der Waals surface area contributed by atoms with Crippen LogP contribution in [0.2, 0.25) is 0 Å². The lowest BCUT2D eigenvalue weighted by atomic mass is 10.0. The monoisotopic (exact) mass is 493 g/mol. The molecule has 0 saturated carbocycles. The number of benzene rings is 1. The number of rotatable bonds is 12. The average Bonchev–Trinajstić information content (AvgIpc) is 2.77. The highest BCUT2D eigenvalue weighted by Gasteiger charge is 2.34. The molecule has 2 atom stereocenters. The van der Waals surface area contributed by atoms with Crippen LogP contribution < -0.4 is 10.6 Å². The zero-order valence-electron chi connectivity index (χ0n) is 21.6. The Kier molecular flexibility index (Phi) is 12.2. The molecule has 0 aromatic heterocycles. The van der Waals surface area contributed by atoms with E-state index in [0.717, 1.165) is 12.0 Å². The molecule has 0 aliphatic carbocycles. The summed E-state index contributed by atoms with van der Waals surface area (Å²) in [5.41, 5.74) is 0.831. The van der Waals surface area contributed by atoms with Crippen LogP contribution in [0.5, 0.6) is 0 Å². The first-order valence-corrected chi connectivity index (χ1v) is 11.9. The van der Waals surface area contributed by atoms with Crippen molar-refractivity contribution < 1.29 is 33.8 Å². The zero-order chi connectivity index (χ0) is 26.6. The van der Waals surface area contributed by atoms with E-state index in [9.17, 15) is 24.3 Å². The number of nitrogens with one attached hydrogen (secondary N) is 2. The first-order chi connectivity index (χ1) is 16.4. The molecule has 1 aromatic carbocycles. The number of hydrogen-bond donors (Lipinski definition) is 3. The van der Waals surface area contributed by atoms with E-state index >= 15 is 0 Å². The van der Waals surface area contributed by atoms with Gasteiger partial charge in [-0.05, 0) is 52.2 Å². The Bertz CT molecular complexity index is 850. The van der Waals surface area contributed by atoms with E-state index in [1.807, 2.05) is 19.1 Å². The largest absolute Gasteiger partial charge is 0.466 e. The smallest absolute Gasteiger partial charge is 0.408 e. The van der Waals surface area contributed by atoms with Crippen LogP contribution in [0.3, 0.4) is 0 Å². The summed E-state index contributed by atoms with van der Waals surface area (Å²) in [5.74, 6) is -1.55. The number of hydrogen-bond acceptors (Lipinski definition) is 7. The summed E-state index contributed by atoms with van der Waals surface area (Å²) in [7, 11) is 0. The van der Waals surface area contributed by atoms with Crippen molar-refractivity contribution in [3.8, 4) is 0 Å². The van der Waals surface area contributed by atoms with Gasteiger partial charge in [0.1, 0.15) is 17.7 Å². The number of carbonyl (C=O) groups is 4. The third-order valence-corrected chi connectivity index (χ3v) is 4.93. The molecule has 0 bridgehead atoms. The summed E-state index contributed by atoms with van der Waals surface area (Å²) in [6.07, 6.45) is 0.00311. The lowest BCUT2D eigenvalue weighted by molar-refractivity contribution is -0.144. The Hall–Kier alpha value is -3.14. The van der Waals surface area contributed by atoms with Gasteiger partial charge in [-0.25, -0.2) is 4.79 Å². The number of aryl methyl sites for hydroxylation is 1. The SMILES string of the molecule is CCOC(=O)CCNC(=O)C(c1ccc(CC)cc1)N(CCO)C(=O)C(C)NC(=O)OC(C)(C)C. The maximum Gasteiger partial charge on any atom is 0.408 e. The van der Waals surface area contributed by atoms with Gasteiger partial charge in [-0.3, -0.25) is 14.4 Å². The summed E-state index contributed by atoms with van der Waals surface area (Å²) in [4.78, 5) is 51.6. The number of esters is 1. The highest BCUT2D eigenvalue weighted by molar-refractivity contribution is 5.92. The van der Waals surface area contributed by atoms with Gasteiger partial charge in [-0.2, -0.15) is 0 Å². The Morgan fingerprint density at radius 1 is 1.09 bits per heavy atom. The summed E-state index contributed by atoms with van der Waals surface area (Å²) in [6.45, 7) is 9.99. The predicted molar refractivity (Wildman–Crippen MR) is 130 cm³/mol. The second-order valence-electron chi connectivity index (χ2n) is 8.97. The minimum Gasteiger partial charge on any atom is -0.466 e. The van der Waals surface area contributed by atoms with Gasteiger partial charge in [0.15, 0.2) is 0 Å². The lowest BCUT2D eigenvalue weighted by Crippen LogP contribution is -2.52. The van der Waals surface area contributed by atoms with Crippen molar-refractivity contribution in [2.45, 2.75) is 72.1 Å². The Balaban J connectivity index is 3.18. The molecule has 35 heavy (non-hydrogen) atoms. The van der Waals surface area contributed by atoms with E-state index in [1.54, 1.807) is 39.8 Å². The number of ether oxygens (including phenoxy) is 2. The van der Waals surface area contributed by atoms with Crippen molar-refractivity contribution in [2.24, 2.45) is 0 Å². The average molecular weight is 494 g/mol. The summed E-state index contributed by atoms with van der Waals surface area (Å²) in [6, 6.07) is 5.10. The summed E-state index contributed by atoms with van der Waals surface area (Å²) >= 11 is 0. The van der Waals surface area contributed by atoms with Crippen molar-refractivity contribution in [1.82, 2.24) is 15.5 Å². The molecular formula is C25H39N3O7. The van der Waals surface area contributed by atoms with E-state index in [1.165, 1.54) is 11.8 Å². The van der Waals surface area contributed by atoms with Crippen molar-refractivity contribution in [2.75, 3.05) is 26.3 Å². The molecule has 2 unspecified atom stereocenters. The number of alkyl carbamates (subject to hydrolysis) is 1. The van der Waals surface area contributed by atoms with Crippen LogP contribution in [-0.2, 0) is 30.3 Å². The molecule has 0 aliphatic heterocycles. The van der Waals surface area contributed by atoms with Crippen LogP contribution >= 0.6 is 0 Å². The van der Waals surface area contributed by atoms with Crippen molar-refractivity contribution in [1.29, 1.82) is 0 Å². The van der Waals surface area contributed by atoms with Crippen LogP contribution in [0.4, 0.5) is 4.79 Å². The van der Waals surface area contributed by atoms with E-state index in [4.69, 9.17) is 9.47 Å². The molecule has 0 heterocycles. The van der Waals surface area contributed by atoms with Gasteiger partial charge in [0.05, 0.1) is 19.6 Å². The highest BCUT2D eigenvalue weighted by Crippen LogP contribution is 2.23. The first-order valence-electron chi connectivity index (χ1n) is 11.9. The Labute approximate surface area is 207 Å². The van der Waals surface area contributed by atoms with Gasteiger partial charge in [0, 0.05) is 13.1 Å². The van der Waals surface area contributed by atoms with Gasteiger partial charge in [0.2, 0.25) is 11.8 Å². The molecule has 0 radical (unpaired) electrons. The fourth-order valence-corrected chi connectivity index (χ4v) is 3.30. The van der Waals surface area contributed by atoms with Gasteiger partial charge in [-0.1, -0.05) is 31.2 Å². The number of nitrogens with zero attached hydrogens (tertiary/aromatic N) is 1. The lowest BCUT2D eigenvalue weighted by Gasteiger charge is -2.33. The molecule has 1 aromatic rings. The number of amides is 3. The fourth-order valence-electron chi connectivity index (χ4n) is 3.30. The molecule has 0 aliphatic rings. The minimum absolute atomic E-state index is 0.0219. The first kappa shape index (κ1) is 29.9. The Morgan fingerprint density at radius 2 is 1.71 bits per heavy atom. The zero-order valence-corrected chi connectivity index (χ0v) is 21.6. The van der Waals surface area contributed by atoms with E-state index in [0.29, 0.717) is 5.56 Å². The summed E-state index contributed by atoms with van der Waals surface area (Å²) < 4.78 is 10.1. The molecule has 3 N–H and O–H groups in total. The van der Waals surface area contributed by atoms with Gasteiger partial charge < -0.3 is 30.1 Å². The van der Waals surface area contributed by atoms with Crippen LogP contribution in [0.1, 0.15) is 65.1 Å². The minimum atomic E-state index is -1.09. The molecule has 196 valence electrons. The topological polar surface area (TPSA) is 134 Å². The number of carbonyl (C=O) groups excluding carboxylic acids is 4. The highest BCUT2D eigenvalue weighted by atomic mass is 16.6. The quantitative estimate of drug-likeness (QED) is 0.380. The maximum absolute atomic E-state index is 13.3. The molecule has 0 spiro atoms. The second kappa shape index (κ2) is 14.3. The standard InChI is InChI=1S/C25H39N3O7/c1-7-18-9-11-19(12-10-18)21(22(31)26-14-13-20(30)34-8-2)28(15-16-29)23(32)17(3)27-24(33)35-25(4,5)6/h9-12,17,21,29H,7-8,13-16H2,1-6H3,(H,26,31)(H,27,33). The second-order valence-corrected chi connectivity index (χ2v) is 8.97. The third kappa shape index (κ3) is 10.3. The summed E-state index contributed by atoms with van der Waals surface area (Å²) in [5, 5.41) is 14.8. The van der Waals surface area contributed by atoms with E-state index < -0.39 is 48.2 Å². The van der Waals surface area contributed by atoms with Crippen molar-refractivity contribution >= 4 is 23.9 Å². The normalized spacial score (nSPS) is 12.8. The molecule has 3 amide bonds. The molecule has 0 fully saturated rings. The molecule has 1 rings (SSSR count).